The lowest BCUT2D eigenvalue weighted by atomic mass is 10.1. The molecule has 0 aromatic heterocycles. The summed E-state index contributed by atoms with van der Waals surface area (Å²) < 4.78 is 97.6. The number of rotatable bonds is 6. The van der Waals surface area contributed by atoms with E-state index < -0.39 is 30.4 Å². The maximum atomic E-state index is 13.3. The highest BCUT2D eigenvalue weighted by Crippen LogP contribution is 2.31. The summed E-state index contributed by atoms with van der Waals surface area (Å²) in [5.41, 5.74) is 3.58. The van der Waals surface area contributed by atoms with Crippen LogP contribution in [0.5, 0.6) is 11.5 Å². The van der Waals surface area contributed by atoms with E-state index in [4.69, 9.17) is 4.74 Å². The number of carbonyl (C=O) groups is 1. The first kappa shape index (κ1) is 44.7. The first-order valence-corrected chi connectivity index (χ1v) is 15.9. The van der Waals surface area contributed by atoms with Crippen molar-refractivity contribution in [3.8, 4) is 11.5 Å². The topological polar surface area (TPSA) is 44.8 Å². The van der Waals surface area contributed by atoms with Gasteiger partial charge in [0, 0.05) is 5.56 Å². The van der Waals surface area contributed by atoms with Crippen molar-refractivity contribution in [1.29, 1.82) is 0 Å². The molecule has 0 amide bonds. The van der Waals surface area contributed by atoms with Crippen LogP contribution in [0.3, 0.4) is 0 Å². The van der Waals surface area contributed by atoms with Gasteiger partial charge in [-0.15, -0.1) is 13.2 Å². The molecule has 4 aromatic rings. The van der Waals surface area contributed by atoms with Gasteiger partial charge in [-0.1, -0.05) is 127 Å². The summed E-state index contributed by atoms with van der Waals surface area (Å²) in [7, 11) is 0. The van der Waals surface area contributed by atoms with Crippen molar-refractivity contribution in [2.75, 3.05) is 6.61 Å². The molecule has 0 heterocycles. The smallest absolute Gasteiger partial charge is 0.461 e. The third-order valence-electron chi connectivity index (χ3n) is 6.51. The number of esters is 1. The number of para-hydroxylation sites is 2. The molecule has 0 aliphatic heterocycles. The van der Waals surface area contributed by atoms with Crippen LogP contribution < -0.4 is 9.47 Å². The van der Waals surface area contributed by atoms with Gasteiger partial charge in [-0.05, 0) is 70.4 Å². The Morgan fingerprint density at radius 3 is 1.71 bits per heavy atom. The van der Waals surface area contributed by atoms with Gasteiger partial charge >= 0.3 is 24.9 Å². The number of carbonyl (C=O) groups excluding carboxylic acids is 1. The predicted octanol–water partition coefficient (Wildman–Crippen LogP) is 12.4. The van der Waals surface area contributed by atoms with Crippen molar-refractivity contribution in [2.45, 2.75) is 59.9 Å². The minimum absolute atomic E-state index is 0.117. The number of aryl methyl sites for hydroxylation is 3. The van der Waals surface area contributed by atoms with Crippen LogP contribution >= 0.6 is 0 Å². The van der Waals surface area contributed by atoms with Gasteiger partial charge in [0.05, 0.1) is 12.2 Å². The summed E-state index contributed by atoms with van der Waals surface area (Å²) in [6, 6.07) is 28.5. The van der Waals surface area contributed by atoms with Crippen molar-refractivity contribution in [3.63, 3.8) is 0 Å². The highest BCUT2D eigenvalue weighted by atomic mass is 19.4. The summed E-state index contributed by atoms with van der Waals surface area (Å²) in [4.78, 5) is 11.0. The fourth-order valence-electron chi connectivity index (χ4n) is 3.90. The molecule has 1 aliphatic rings. The van der Waals surface area contributed by atoms with Gasteiger partial charge in [-0.2, -0.15) is 17.6 Å². The Balaban J connectivity index is 0.000000338. The third-order valence-corrected chi connectivity index (χ3v) is 6.51. The van der Waals surface area contributed by atoms with E-state index in [1.165, 1.54) is 54.8 Å². The number of hydrogen-bond acceptors (Lipinski definition) is 4. The van der Waals surface area contributed by atoms with E-state index in [9.17, 15) is 35.5 Å². The van der Waals surface area contributed by atoms with Crippen LogP contribution in [0.2, 0.25) is 0 Å². The normalized spacial score (nSPS) is 12.0. The Labute approximate surface area is 300 Å². The summed E-state index contributed by atoms with van der Waals surface area (Å²) >= 11 is 0. The lowest BCUT2D eigenvalue weighted by molar-refractivity contribution is -0.274. The monoisotopic (exact) mass is 732 g/mol. The van der Waals surface area contributed by atoms with Crippen LogP contribution in [-0.2, 0) is 15.7 Å². The summed E-state index contributed by atoms with van der Waals surface area (Å²) in [5, 5.41) is 0. The number of alkyl halides is 7. The number of benzene rings is 4. The highest BCUT2D eigenvalue weighted by molar-refractivity contribution is 5.73. The zero-order valence-electron chi connectivity index (χ0n) is 29.6. The zero-order valence-corrected chi connectivity index (χ0v) is 29.6. The molecule has 0 fully saturated rings. The lowest BCUT2D eigenvalue weighted by Gasteiger charge is -2.12. The van der Waals surface area contributed by atoms with E-state index in [0.29, 0.717) is 11.1 Å². The molecule has 0 saturated heterocycles. The average molecular weight is 733 g/mol. The van der Waals surface area contributed by atoms with Crippen molar-refractivity contribution >= 4 is 12.0 Å². The standard InChI is InChI=1S/C12H13FO3.C8H7F3O.C8H7F3.C7H8.C6H8/c1-3-9-7-5-6-8-10(9)16-11(13)12(14)15-4-2;1-6-4-2-3-5-7(6)12-8(9,10)11;1-6-4-2-3-5-7(6)8(9,10)11;1-7-5-3-2-4-6-7;1-6-4-2-3-5-6/h3,5-8,11H,1,4H2,2H3;2-5H,1H3;2-5H,1H3;2-6H,1H3;2-4H,5H2,1H3. The number of ether oxygens (including phenoxy) is 3. The fraction of sp³-hybridized carbons (Fsp3) is 0.244. The summed E-state index contributed by atoms with van der Waals surface area (Å²) in [6.07, 6.45) is -1.85. The van der Waals surface area contributed by atoms with Crippen LogP contribution in [0.4, 0.5) is 30.7 Å². The predicted molar refractivity (Wildman–Crippen MR) is 191 cm³/mol. The molecule has 1 aliphatic carbocycles. The number of hydrogen-bond donors (Lipinski definition) is 0. The van der Waals surface area contributed by atoms with Crippen molar-refractivity contribution in [1.82, 2.24) is 0 Å². The highest BCUT2D eigenvalue weighted by Gasteiger charge is 2.32. The Kier molecular flexibility index (Phi) is 20.0. The zero-order chi connectivity index (χ0) is 39.2. The van der Waals surface area contributed by atoms with Gasteiger partial charge in [0.1, 0.15) is 11.5 Å². The maximum absolute atomic E-state index is 13.3. The SMILES string of the molecule is C=Cc1ccccc1OC(F)C(=O)OCC.CC1=CC=CC1.Cc1ccccc1.Cc1ccccc1C(F)(F)F.Cc1ccccc1OC(F)(F)F. The molecule has 0 bridgehead atoms. The second kappa shape index (κ2) is 23.2. The second-order valence-electron chi connectivity index (χ2n) is 10.9. The van der Waals surface area contributed by atoms with Gasteiger partial charge < -0.3 is 14.2 Å². The lowest BCUT2D eigenvalue weighted by Crippen LogP contribution is -2.25. The first-order chi connectivity index (χ1) is 24.5. The van der Waals surface area contributed by atoms with E-state index in [1.54, 1.807) is 56.3 Å². The van der Waals surface area contributed by atoms with Crippen molar-refractivity contribution < 1.29 is 49.7 Å². The van der Waals surface area contributed by atoms with Crippen molar-refractivity contribution in [2.24, 2.45) is 0 Å². The van der Waals surface area contributed by atoms with E-state index in [1.807, 2.05) is 18.2 Å². The number of allylic oxidation sites excluding steroid dienone is 4. The summed E-state index contributed by atoms with van der Waals surface area (Å²) in [6.45, 7) is 12.5. The molecule has 0 N–H and O–H groups in total. The van der Waals surface area contributed by atoms with E-state index in [0.717, 1.165) is 6.07 Å². The van der Waals surface area contributed by atoms with Gasteiger partial charge in [-0.25, -0.2) is 4.79 Å². The quantitative estimate of drug-likeness (QED) is 0.146. The number of halogens is 7. The molecule has 4 nitrogen and oxygen atoms in total. The Morgan fingerprint density at radius 2 is 1.31 bits per heavy atom. The van der Waals surface area contributed by atoms with Crippen LogP contribution in [0, 0.1) is 20.8 Å². The van der Waals surface area contributed by atoms with Crippen molar-refractivity contribution in [3.05, 3.63) is 161 Å². The first-order valence-electron chi connectivity index (χ1n) is 15.9. The van der Waals surface area contributed by atoms with Crippen LogP contribution in [0.15, 0.2) is 134 Å². The Bertz CT molecular complexity index is 1700. The van der Waals surface area contributed by atoms with E-state index in [-0.39, 0.29) is 23.7 Å². The van der Waals surface area contributed by atoms with Crippen LogP contribution in [0.1, 0.15) is 48.1 Å². The van der Waals surface area contributed by atoms with Gasteiger partial charge in [0.15, 0.2) is 0 Å². The molecule has 11 heteroatoms. The van der Waals surface area contributed by atoms with Gasteiger partial charge in [-0.3, -0.25) is 0 Å². The minimum atomic E-state index is -4.61. The Hall–Kier alpha value is -5.32. The van der Waals surface area contributed by atoms with E-state index in [2.05, 4.69) is 60.3 Å². The molecule has 0 saturated carbocycles. The second-order valence-corrected chi connectivity index (χ2v) is 10.9. The minimum Gasteiger partial charge on any atom is -0.461 e. The Morgan fingerprint density at radius 1 is 0.769 bits per heavy atom. The average Bonchev–Trinajstić information content (AvgIpc) is 3.57. The summed E-state index contributed by atoms with van der Waals surface area (Å²) in [5.74, 6) is -0.913. The fourth-order valence-corrected chi connectivity index (χ4v) is 3.90. The maximum Gasteiger partial charge on any atom is 0.573 e. The van der Waals surface area contributed by atoms with Crippen LogP contribution in [-0.4, -0.2) is 25.3 Å². The molecule has 1 atom stereocenters. The molecule has 52 heavy (non-hydrogen) atoms. The van der Waals surface area contributed by atoms with Gasteiger partial charge in [0.25, 0.3) is 0 Å². The molecule has 5 rings (SSSR count). The molecule has 0 spiro atoms. The van der Waals surface area contributed by atoms with E-state index >= 15 is 0 Å². The largest absolute Gasteiger partial charge is 0.573 e. The van der Waals surface area contributed by atoms with Crippen LogP contribution in [0.25, 0.3) is 6.08 Å². The molecule has 280 valence electrons. The molecular formula is C41H43F7O4. The van der Waals surface area contributed by atoms with Gasteiger partial charge in [0.2, 0.25) is 0 Å². The molecule has 4 aromatic carbocycles. The molecular weight excluding hydrogens is 689 g/mol. The third kappa shape index (κ3) is 19.2. The molecule has 1 unspecified atom stereocenters. The molecule has 0 radical (unpaired) electrons.